The first-order chi connectivity index (χ1) is 8.64. The number of anilines is 1. The number of aromatic nitrogens is 2. The average molecular weight is 250 g/mol. The molecule has 6 nitrogen and oxygen atoms in total. The molecule has 1 saturated heterocycles. The van der Waals surface area contributed by atoms with Gasteiger partial charge in [0.1, 0.15) is 0 Å². The van der Waals surface area contributed by atoms with Crippen molar-refractivity contribution in [1.29, 1.82) is 0 Å². The zero-order valence-corrected chi connectivity index (χ0v) is 10.7. The third-order valence-electron chi connectivity index (χ3n) is 3.73. The van der Waals surface area contributed by atoms with Crippen LogP contribution in [0.4, 0.5) is 5.95 Å². The fraction of sp³-hybridized carbons (Fsp3) is 0.667. The highest BCUT2D eigenvalue weighted by Gasteiger charge is 2.51. The summed E-state index contributed by atoms with van der Waals surface area (Å²) in [6.07, 6.45) is 2.51. The van der Waals surface area contributed by atoms with E-state index in [1.807, 2.05) is 0 Å². The summed E-state index contributed by atoms with van der Waals surface area (Å²) in [5, 5.41) is 0. The van der Waals surface area contributed by atoms with Crippen molar-refractivity contribution in [2.24, 2.45) is 11.7 Å². The van der Waals surface area contributed by atoms with Gasteiger partial charge in [0, 0.05) is 13.1 Å². The van der Waals surface area contributed by atoms with Crippen LogP contribution in [0.1, 0.15) is 12.8 Å². The predicted molar refractivity (Wildman–Crippen MR) is 67.0 cm³/mol. The van der Waals surface area contributed by atoms with E-state index in [2.05, 4.69) is 14.9 Å². The van der Waals surface area contributed by atoms with Crippen LogP contribution in [0.15, 0.2) is 6.07 Å². The zero-order valence-electron chi connectivity index (χ0n) is 10.7. The molecule has 0 atom stereocenters. The third kappa shape index (κ3) is 1.86. The number of rotatable bonds is 4. The number of hydrogen-bond acceptors (Lipinski definition) is 6. The first-order valence-corrected chi connectivity index (χ1v) is 6.15. The minimum atomic E-state index is -0.0420. The quantitative estimate of drug-likeness (QED) is 0.835. The van der Waals surface area contributed by atoms with Gasteiger partial charge in [0.2, 0.25) is 17.7 Å². The van der Waals surface area contributed by atoms with Gasteiger partial charge in [-0.15, -0.1) is 0 Å². The van der Waals surface area contributed by atoms with Crippen LogP contribution >= 0.6 is 0 Å². The monoisotopic (exact) mass is 250 g/mol. The molecule has 98 valence electrons. The number of nitrogens with zero attached hydrogens (tertiary/aromatic N) is 3. The molecule has 1 aliphatic heterocycles. The summed E-state index contributed by atoms with van der Waals surface area (Å²) in [4.78, 5) is 10.7. The molecule has 2 fully saturated rings. The summed E-state index contributed by atoms with van der Waals surface area (Å²) in [6, 6.07) is 1.67. The van der Waals surface area contributed by atoms with Crippen LogP contribution in [0.3, 0.4) is 0 Å². The second-order valence-corrected chi connectivity index (χ2v) is 5.12. The first kappa shape index (κ1) is 11.5. The van der Waals surface area contributed by atoms with E-state index < -0.39 is 0 Å². The molecule has 0 aromatic carbocycles. The van der Waals surface area contributed by atoms with Gasteiger partial charge in [0.25, 0.3) is 0 Å². The maximum absolute atomic E-state index is 6.32. The Hall–Kier alpha value is -1.56. The Bertz CT molecular complexity index is 433. The largest absolute Gasteiger partial charge is 0.481 e. The molecule has 0 bridgehead atoms. The molecule has 2 aliphatic rings. The van der Waals surface area contributed by atoms with E-state index >= 15 is 0 Å². The van der Waals surface area contributed by atoms with Gasteiger partial charge >= 0.3 is 0 Å². The van der Waals surface area contributed by atoms with Gasteiger partial charge < -0.3 is 20.1 Å². The van der Waals surface area contributed by atoms with Crippen molar-refractivity contribution in [3.63, 3.8) is 0 Å². The lowest BCUT2D eigenvalue weighted by atomic mass is 9.86. The molecule has 0 unspecified atom stereocenters. The van der Waals surface area contributed by atoms with Gasteiger partial charge in [0.15, 0.2) is 0 Å². The smallest absolute Gasteiger partial charge is 0.232 e. The third-order valence-corrected chi connectivity index (χ3v) is 3.73. The lowest BCUT2D eigenvalue weighted by molar-refractivity contribution is 0.284. The standard InChI is InChI=1S/C12H18N4O2/c1-17-9-5-10(18-2)15-11(14-9)16-6-12(13,7-16)8-3-4-8/h5,8H,3-4,6-7,13H2,1-2H3. The van der Waals surface area contributed by atoms with E-state index in [9.17, 15) is 0 Å². The van der Waals surface area contributed by atoms with Gasteiger partial charge in [-0.2, -0.15) is 9.97 Å². The van der Waals surface area contributed by atoms with Crippen LogP contribution in [0.5, 0.6) is 11.8 Å². The molecule has 18 heavy (non-hydrogen) atoms. The van der Waals surface area contributed by atoms with Crippen molar-refractivity contribution in [3.8, 4) is 11.8 Å². The second-order valence-electron chi connectivity index (χ2n) is 5.12. The summed E-state index contributed by atoms with van der Waals surface area (Å²) in [7, 11) is 3.16. The molecule has 6 heteroatoms. The fourth-order valence-corrected chi connectivity index (χ4v) is 2.47. The second kappa shape index (κ2) is 3.98. The van der Waals surface area contributed by atoms with Gasteiger partial charge in [-0.1, -0.05) is 0 Å². The summed E-state index contributed by atoms with van der Waals surface area (Å²) < 4.78 is 10.3. The molecule has 0 radical (unpaired) electrons. The average Bonchev–Trinajstić information content (AvgIpc) is 3.18. The molecule has 1 saturated carbocycles. The Morgan fingerprint density at radius 3 is 2.22 bits per heavy atom. The SMILES string of the molecule is COc1cc(OC)nc(N2CC(N)(C3CC3)C2)n1. The zero-order chi connectivity index (χ0) is 12.8. The van der Waals surface area contributed by atoms with Crippen LogP contribution in [0.25, 0.3) is 0 Å². The lowest BCUT2D eigenvalue weighted by Crippen LogP contribution is -2.69. The highest BCUT2D eigenvalue weighted by molar-refractivity contribution is 5.43. The van der Waals surface area contributed by atoms with Gasteiger partial charge in [-0.25, -0.2) is 0 Å². The minimum Gasteiger partial charge on any atom is -0.481 e. The van der Waals surface area contributed by atoms with E-state index in [1.54, 1.807) is 20.3 Å². The molecule has 0 amide bonds. The van der Waals surface area contributed by atoms with Crippen molar-refractivity contribution >= 4 is 5.95 Å². The Balaban J connectivity index is 1.76. The van der Waals surface area contributed by atoms with Gasteiger partial charge in [-0.05, 0) is 18.8 Å². The Kier molecular flexibility index (Phi) is 2.55. The van der Waals surface area contributed by atoms with Crippen LogP contribution in [-0.2, 0) is 0 Å². The molecule has 1 aliphatic carbocycles. The number of hydrogen-bond donors (Lipinski definition) is 1. The maximum Gasteiger partial charge on any atom is 0.232 e. The molecule has 1 aromatic heterocycles. The lowest BCUT2D eigenvalue weighted by Gasteiger charge is -2.48. The van der Waals surface area contributed by atoms with Crippen molar-refractivity contribution in [1.82, 2.24) is 9.97 Å². The topological polar surface area (TPSA) is 73.5 Å². The minimum absolute atomic E-state index is 0.0420. The molecule has 2 heterocycles. The van der Waals surface area contributed by atoms with E-state index in [1.165, 1.54) is 12.8 Å². The molecule has 1 aromatic rings. The van der Waals surface area contributed by atoms with Crippen molar-refractivity contribution < 1.29 is 9.47 Å². The number of methoxy groups -OCH3 is 2. The predicted octanol–water partition coefficient (Wildman–Crippen LogP) is 0.421. The van der Waals surface area contributed by atoms with E-state index in [-0.39, 0.29) is 5.54 Å². The van der Waals surface area contributed by atoms with E-state index in [0.717, 1.165) is 13.1 Å². The summed E-state index contributed by atoms with van der Waals surface area (Å²) >= 11 is 0. The van der Waals surface area contributed by atoms with Crippen LogP contribution in [0, 0.1) is 5.92 Å². The highest BCUT2D eigenvalue weighted by Crippen LogP contribution is 2.43. The van der Waals surface area contributed by atoms with Crippen molar-refractivity contribution in [2.75, 3.05) is 32.2 Å². The van der Waals surface area contributed by atoms with E-state index in [0.29, 0.717) is 23.6 Å². The first-order valence-electron chi connectivity index (χ1n) is 6.15. The molecule has 2 N–H and O–H groups in total. The molecule has 3 rings (SSSR count). The Morgan fingerprint density at radius 1 is 1.22 bits per heavy atom. The van der Waals surface area contributed by atoms with Crippen molar-refractivity contribution in [2.45, 2.75) is 18.4 Å². The highest BCUT2D eigenvalue weighted by atomic mass is 16.5. The van der Waals surface area contributed by atoms with Gasteiger partial charge in [0.05, 0.1) is 25.8 Å². The number of nitrogens with two attached hydrogens (primary N) is 1. The summed E-state index contributed by atoms with van der Waals surface area (Å²) in [5.41, 5.74) is 6.28. The fourth-order valence-electron chi connectivity index (χ4n) is 2.47. The van der Waals surface area contributed by atoms with E-state index in [4.69, 9.17) is 15.2 Å². The Labute approximate surface area is 106 Å². The molecule has 0 spiro atoms. The van der Waals surface area contributed by atoms with Crippen LogP contribution < -0.4 is 20.1 Å². The number of ether oxygens (including phenoxy) is 2. The molecular formula is C12H18N4O2. The van der Waals surface area contributed by atoms with Crippen LogP contribution in [-0.4, -0.2) is 42.8 Å². The van der Waals surface area contributed by atoms with Gasteiger partial charge in [-0.3, -0.25) is 0 Å². The maximum atomic E-state index is 6.32. The Morgan fingerprint density at radius 2 is 1.78 bits per heavy atom. The summed E-state index contributed by atoms with van der Waals surface area (Å²) in [6.45, 7) is 1.63. The normalized spacial score (nSPS) is 21.4. The van der Waals surface area contributed by atoms with Crippen molar-refractivity contribution in [3.05, 3.63) is 6.07 Å². The molecular weight excluding hydrogens is 232 g/mol. The van der Waals surface area contributed by atoms with Crippen LogP contribution in [0.2, 0.25) is 0 Å². The summed E-state index contributed by atoms with van der Waals surface area (Å²) in [5.74, 6) is 2.34.